The number of thiophene rings is 1. The van der Waals surface area contributed by atoms with Crippen molar-refractivity contribution in [2.24, 2.45) is 5.92 Å². The summed E-state index contributed by atoms with van der Waals surface area (Å²) in [6, 6.07) is 4.29. The third-order valence-electron chi connectivity index (χ3n) is 2.03. The van der Waals surface area contributed by atoms with Gasteiger partial charge in [-0.2, -0.15) is 11.8 Å². The minimum atomic E-state index is 0.715. The summed E-state index contributed by atoms with van der Waals surface area (Å²) >= 11 is 3.89. The lowest BCUT2D eigenvalue weighted by atomic mass is 10.3. The molecule has 0 bridgehead atoms. The maximum atomic E-state index is 3.50. The van der Waals surface area contributed by atoms with Crippen LogP contribution in [0.15, 0.2) is 17.5 Å². The standard InChI is InChI=1S/C12H21NS2/c1-10(2)9-15-11(3)7-13-8-12-5-4-6-14-12/h4-6,10-11,13H,7-9H2,1-3H3. The van der Waals surface area contributed by atoms with Crippen LogP contribution in [0.1, 0.15) is 25.6 Å². The fourth-order valence-corrected chi connectivity index (χ4v) is 2.85. The Morgan fingerprint density at radius 2 is 2.20 bits per heavy atom. The molecule has 1 rings (SSSR count). The average molecular weight is 243 g/mol. The maximum absolute atomic E-state index is 3.50. The summed E-state index contributed by atoms with van der Waals surface area (Å²) in [4.78, 5) is 1.43. The van der Waals surface area contributed by atoms with Crippen LogP contribution < -0.4 is 5.32 Å². The van der Waals surface area contributed by atoms with Crippen molar-refractivity contribution >= 4 is 23.1 Å². The van der Waals surface area contributed by atoms with Crippen LogP contribution in [0.3, 0.4) is 0 Å². The van der Waals surface area contributed by atoms with Crippen LogP contribution in [0.25, 0.3) is 0 Å². The Morgan fingerprint density at radius 3 is 2.80 bits per heavy atom. The number of rotatable bonds is 7. The fourth-order valence-electron chi connectivity index (χ4n) is 1.23. The molecule has 1 unspecified atom stereocenters. The molecule has 15 heavy (non-hydrogen) atoms. The predicted molar refractivity (Wildman–Crippen MR) is 72.8 cm³/mol. The Morgan fingerprint density at radius 1 is 1.40 bits per heavy atom. The van der Waals surface area contributed by atoms with Crippen LogP contribution in [0, 0.1) is 5.92 Å². The maximum Gasteiger partial charge on any atom is 0.0300 e. The highest BCUT2D eigenvalue weighted by molar-refractivity contribution is 7.99. The summed E-state index contributed by atoms with van der Waals surface area (Å²) in [5.41, 5.74) is 0. The Labute approximate surface area is 102 Å². The molecule has 86 valence electrons. The molecule has 3 heteroatoms. The van der Waals surface area contributed by atoms with E-state index in [4.69, 9.17) is 0 Å². The first-order valence-electron chi connectivity index (χ1n) is 5.53. The SMILES string of the molecule is CC(C)CSC(C)CNCc1cccs1. The van der Waals surface area contributed by atoms with Crippen LogP contribution in [-0.2, 0) is 6.54 Å². The van der Waals surface area contributed by atoms with Gasteiger partial charge in [0, 0.05) is 23.2 Å². The molecular weight excluding hydrogens is 222 g/mol. The second-order valence-electron chi connectivity index (χ2n) is 4.25. The molecule has 0 saturated carbocycles. The summed E-state index contributed by atoms with van der Waals surface area (Å²) in [6.07, 6.45) is 0. The van der Waals surface area contributed by atoms with E-state index in [0.717, 1.165) is 19.0 Å². The van der Waals surface area contributed by atoms with E-state index in [9.17, 15) is 0 Å². The van der Waals surface area contributed by atoms with Gasteiger partial charge in [-0.15, -0.1) is 11.3 Å². The van der Waals surface area contributed by atoms with E-state index in [-0.39, 0.29) is 0 Å². The average Bonchev–Trinajstić information content (AvgIpc) is 2.67. The van der Waals surface area contributed by atoms with Crippen molar-refractivity contribution in [1.29, 1.82) is 0 Å². The van der Waals surface area contributed by atoms with Gasteiger partial charge in [-0.1, -0.05) is 26.8 Å². The van der Waals surface area contributed by atoms with Gasteiger partial charge in [0.1, 0.15) is 0 Å². The van der Waals surface area contributed by atoms with Crippen molar-refractivity contribution in [3.05, 3.63) is 22.4 Å². The van der Waals surface area contributed by atoms with Gasteiger partial charge in [-0.25, -0.2) is 0 Å². The van der Waals surface area contributed by atoms with Crippen LogP contribution in [0.5, 0.6) is 0 Å². The molecule has 0 radical (unpaired) electrons. The highest BCUT2D eigenvalue weighted by Crippen LogP contribution is 2.14. The first-order chi connectivity index (χ1) is 7.18. The molecule has 1 heterocycles. The zero-order valence-electron chi connectivity index (χ0n) is 9.82. The van der Waals surface area contributed by atoms with E-state index in [2.05, 4.69) is 55.4 Å². The Balaban J connectivity index is 2.04. The third-order valence-corrected chi connectivity index (χ3v) is 4.50. The lowest BCUT2D eigenvalue weighted by Gasteiger charge is -2.13. The minimum absolute atomic E-state index is 0.715. The molecule has 1 aromatic heterocycles. The topological polar surface area (TPSA) is 12.0 Å². The van der Waals surface area contributed by atoms with Gasteiger partial charge in [0.2, 0.25) is 0 Å². The molecule has 0 aromatic carbocycles. The highest BCUT2D eigenvalue weighted by atomic mass is 32.2. The van der Waals surface area contributed by atoms with Crippen molar-refractivity contribution in [1.82, 2.24) is 5.32 Å². The lowest BCUT2D eigenvalue weighted by molar-refractivity contribution is 0.685. The number of hydrogen-bond donors (Lipinski definition) is 1. The van der Waals surface area contributed by atoms with Crippen LogP contribution in [-0.4, -0.2) is 17.5 Å². The number of thioether (sulfide) groups is 1. The van der Waals surface area contributed by atoms with Gasteiger partial charge in [-0.05, 0) is 23.1 Å². The quantitative estimate of drug-likeness (QED) is 0.785. The Kier molecular flexibility index (Phi) is 6.37. The molecule has 0 aliphatic rings. The van der Waals surface area contributed by atoms with Crippen molar-refractivity contribution < 1.29 is 0 Å². The molecule has 0 spiro atoms. The fraction of sp³-hybridized carbons (Fsp3) is 0.667. The normalized spacial score (nSPS) is 13.3. The first-order valence-corrected chi connectivity index (χ1v) is 7.46. The van der Waals surface area contributed by atoms with Crippen LogP contribution >= 0.6 is 23.1 Å². The van der Waals surface area contributed by atoms with Crippen molar-refractivity contribution in [3.63, 3.8) is 0 Å². The van der Waals surface area contributed by atoms with Gasteiger partial charge < -0.3 is 5.32 Å². The van der Waals surface area contributed by atoms with Crippen LogP contribution in [0.4, 0.5) is 0 Å². The largest absolute Gasteiger partial charge is 0.311 e. The van der Waals surface area contributed by atoms with Crippen molar-refractivity contribution in [2.75, 3.05) is 12.3 Å². The Hall–Kier alpha value is 0.01000. The van der Waals surface area contributed by atoms with Crippen molar-refractivity contribution in [2.45, 2.75) is 32.6 Å². The molecule has 0 amide bonds. The van der Waals surface area contributed by atoms with Crippen LogP contribution in [0.2, 0.25) is 0 Å². The zero-order valence-corrected chi connectivity index (χ0v) is 11.5. The summed E-state index contributed by atoms with van der Waals surface area (Å²) < 4.78 is 0. The molecule has 1 atom stereocenters. The second kappa shape index (κ2) is 7.31. The molecule has 0 saturated heterocycles. The summed E-state index contributed by atoms with van der Waals surface area (Å²) in [6.45, 7) is 8.98. The molecule has 0 aliphatic heterocycles. The van der Waals surface area contributed by atoms with E-state index in [1.165, 1.54) is 10.6 Å². The Bertz CT molecular complexity index is 244. The molecular formula is C12H21NS2. The minimum Gasteiger partial charge on any atom is -0.311 e. The molecule has 0 aliphatic carbocycles. The third kappa shape index (κ3) is 6.23. The lowest BCUT2D eigenvalue weighted by Crippen LogP contribution is -2.22. The van der Waals surface area contributed by atoms with Gasteiger partial charge in [0.05, 0.1) is 0 Å². The predicted octanol–water partition coefficient (Wildman–Crippen LogP) is 3.62. The molecule has 1 aromatic rings. The highest BCUT2D eigenvalue weighted by Gasteiger charge is 2.03. The van der Waals surface area contributed by atoms with E-state index in [0.29, 0.717) is 5.25 Å². The number of hydrogen-bond acceptors (Lipinski definition) is 3. The van der Waals surface area contributed by atoms with E-state index < -0.39 is 0 Å². The van der Waals surface area contributed by atoms with E-state index in [1.807, 2.05) is 11.3 Å². The summed E-state index contributed by atoms with van der Waals surface area (Å²) in [5, 5.41) is 6.35. The van der Waals surface area contributed by atoms with Gasteiger partial charge >= 0.3 is 0 Å². The molecule has 0 fully saturated rings. The van der Waals surface area contributed by atoms with Gasteiger partial charge in [-0.3, -0.25) is 0 Å². The summed E-state index contributed by atoms with van der Waals surface area (Å²) in [5.74, 6) is 2.07. The second-order valence-corrected chi connectivity index (χ2v) is 6.75. The zero-order chi connectivity index (χ0) is 11.1. The summed E-state index contributed by atoms with van der Waals surface area (Å²) in [7, 11) is 0. The van der Waals surface area contributed by atoms with E-state index in [1.54, 1.807) is 0 Å². The van der Waals surface area contributed by atoms with Gasteiger partial charge in [0.15, 0.2) is 0 Å². The smallest absolute Gasteiger partial charge is 0.0300 e. The monoisotopic (exact) mass is 243 g/mol. The first kappa shape index (κ1) is 13.1. The number of nitrogens with one attached hydrogen (secondary N) is 1. The molecule has 1 N–H and O–H groups in total. The van der Waals surface area contributed by atoms with Crippen molar-refractivity contribution in [3.8, 4) is 0 Å². The molecule has 1 nitrogen and oxygen atoms in total. The van der Waals surface area contributed by atoms with Gasteiger partial charge in [0.25, 0.3) is 0 Å². The van der Waals surface area contributed by atoms with E-state index >= 15 is 0 Å².